The van der Waals surface area contributed by atoms with Gasteiger partial charge in [-0.15, -0.1) is 0 Å². The summed E-state index contributed by atoms with van der Waals surface area (Å²) in [6, 6.07) is 5.84. The Kier molecular flexibility index (Phi) is 4.96. The zero-order valence-electron chi connectivity index (χ0n) is 11.4. The lowest BCUT2D eigenvalue weighted by Gasteiger charge is -2.11. The number of hydrogen-bond donors (Lipinski definition) is 0. The van der Waals surface area contributed by atoms with Gasteiger partial charge < -0.3 is 9.47 Å². The van der Waals surface area contributed by atoms with Crippen molar-refractivity contribution in [2.75, 3.05) is 14.2 Å². The molecule has 0 fully saturated rings. The summed E-state index contributed by atoms with van der Waals surface area (Å²) in [5, 5.41) is 0.352. The molecule has 2 rings (SSSR count). The van der Waals surface area contributed by atoms with E-state index in [1.54, 1.807) is 14.2 Å². The molecule has 0 spiro atoms. The molecule has 106 valence electrons. The molecule has 2 aromatic rings. The Hall–Kier alpha value is -1.17. The molecule has 1 heterocycles. The van der Waals surface area contributed by atoms with Crippen LogP contribution in [0, 0.1) is 6.92 Å². The number of hydrogen-bond acceptors (Lipinski definition) is 4. The maximum Gasteiger partial charge on any atom is 0.165 e. The molecule has 6 heteroatoms. The van der Waals surface area contributed by atoms with Crippen LogP contribution in [0.25, 0.3) is 11.4 Å². The maximum atomic E-state index is 6.14. The van der Waals surface area contributed by atoms with Crippen molar-refractivity contribution in [2.24, 2.45) is 0 Å². The minimum absolute atomic E-state index is 0.351. The van der Waals surface area contributed by atoms with Crippen molar-refractivity contribution in [2.45, 2.75) is 13.5 Å². The summed E-state index contributed by atoms with van der Waals surface area (Å²) >= 11 is 9.50. The summed E-state index contributed by atoms with van der Waals surface area (Å²) in [5.41, 5.74) is 2.60. The van der Waals surface area contributed by atoms with Crippen LogP contribution < -0.4 is 4.74 Å². The molecule has 0 radical (unpaired) electrons. The minimum Gasteiger partial charge on any atom is -0.496 e. The number of ether oxygens (including phenoxy) is 2. The SMILES string of the molecule is COCc1nc(-c2ccc(C)cc2OC)nc(Cl)c1Br. The van der Waals surface area contributed by atoms with E-state index >= 15 is 0 Å². The number of methoxy groups -OCH3 is 2. The van der Waals surface area contributed by atoms with Gasteiger partial charge in [-0.2, -0.15) is 0 Å². The van der Waals surface area contributed by atoms with Gasteiger partial charge >= 0.3 is 0 Å². The van der Waals surface area contributed by atoms with Gasteiger partial charge in [0.05, 0.1) is 29.4 Å². The zero-order valence-corrected chi connectivity index (χ0v) is 13.7. The highest BCUT2D eigenvalue weighted by molar-refractivity contribution is 9.10. The van der Waals surface area contributed by atoms with Gasteiger partial charge in [0.15, 0.2) is 5.82 Å². The number of rotatable bonds is 4. The van der Waals surface area contributed by atoms with E-state index in [0.717, 1.165) is 11.1 Å². The lowest BCUT2D eigenvalue weighted by Crippen LogP contribution is -2.01. The fourth-order valence-corrected chi connectivity index (χ4v) is 2.28. The third kappa shape index (κ3) is 3.11. The predicted molar refractivity (Wildman–Crippen MR) is 82.2 cm³/mol. The van der Waals surface area contributed by atoms with Crippen molar-refractivity contribution in [1.29, 1.82) is 0 Å². The van der Waals surface area contributed by atoms with E-state index in [4.69, 9.17) is 21.1 Å². The highest BCUT2D eigenvalue weighted by Crippen LogP contribution is 2.32. The van der Waals surface area contributed by atoms with Crippen LogP contribution in [0.2, 0.25) is 5.15 Å². The first-order valence-electron chi connectivity index (χ1n) is 5.92. The molecule has 0 bridgehead atoms. The fourth-order valence-electron chi connectivity index (χ4n) is 1.80. The van der Waals surface area contributed by atoms with Crippen LogP contribution >= 0.6 is 27.5 Å². The highest BCUT2D eigenvalue weighted by atomic mass is 79.9. The van der Waals surface area contributed by atoms with Crippen molar-refractivity contribution in [1.82, 2.24) is 9.97 Å². The summed E-state index contributed by atoms with van der Waals surface area (Å²) in [7, 11) is 3.23. The molecular weight excluding hydrogens is 344 g/mol. The van der Waals surface area contributed by atoms with Gasteiger partial charge in [-0.1, -0.05) is 17.7 Å². The summed E-state index contributed by atoms with van der Waals surface area (Å²) in [5.74, 6) is 1.23. The topological polar surface area (TPSA) is 44.2 Å². The lowest BCUT2D eigenvalue weighted by molar-refractivity contribution is 0.181. The standard InChI is InChI=1S/C14H14BrClN2O2/c1-8-4-5-9(11(6-8)20-3)14-17-10(7-19-2)12(15)13(16)18-14/h4-6H,7H2,1-3H3. The van der Waals surface area contributed by atoms with E-state index < -0.39 is 0 Å². The molecule has 0 amide bonds. The van der Waals surface area contributed by atoms with E-state index in [9.17, 15) is 0 Å². The first-order chi connectivity index (χ1) is 9.56. The third-order valence-electron chi connectivity index (χ3n) is 2.76. The van der Waals surface area contributed by atoms with Gasteiger partial charge in [0, 0.05) is 7.11 Å². The van der Waals surface area contributed by atoms with Crippen LogP contribution in [0.1, 0.15) is 11.3 Å². The van der Waals surface area contributed by atoms with Crippen molar-refractivity contribution < 1.29 is 9.47 Å². The minimum atomic E-state index is 0.351. The average Bonchev–Trinajstić information content (AvgIpc) is 2.43. The Morgan fingerprint density at radius 2 is 2.00 bits per heavy atom. The number of aryl methyl sites for hydroxylation is 1. The Labute approximate surface area is 131 Å². The summed E-state index contributed by atoms with van der Waals surface area (Å²) < 4.78 is 11.2. The largest absolute Gasteiger partial charge is 0.496 e. The van der Waals surface area contributed by atoms with Gasteiger partial charge in [-0.25, -0.2) is 9.97 Å². The molecule has 0 aliphatic rings. The molecule has 1 aromatic heterocycles. The molecule has 0 unspecified atom stereocenters. The molecule has 0 saturated heterocycles. The van der Waals surface area contributed by atoms with E-state index in [0.29, 0.717) is 33.5 Å². The van der Waals surface area contributed by atoms with Gasteiger partial charge in [0.25, 0.3) is 0 Å². The van der Waals surface area contributed by atoms with Crippen LogP contribution in [0.5, 0.6) is 5.75 Å². The van der Waals surface area contributed by atoms with Crippen LogP contribution in [0.3, 0.4) is 0 Å². The Bertz CT molecular complexity index is 635. The summed E-state index contributed by atoms with van der Waals surface area (Å²) in [6.45, 7) is 2.35. The summed E-state index contributed by atoms with van der Waals surface area (Å²) in [6.07, 6.45) is 0. The monoisotopic (exact) mass is 356 g/mol. The van der Waals surface area contributed by atoms with E-state index in [1.807, 2.05) is 25.1 Å². The third-order valence-corrected chi connectivity index (χ3v) is 4.09. The molecule has 4 nitrogen and oxygen atoms in total. The molecular formula is C14H14BrClN2O2. The van der Waals surface area contributed by atoms with Gasteiger partial charge in [-0.05, 0) is 40.5 Å². The van der Waals surface area contributed by atoms with Crippen LogP contribution in [-0.4, -0.2) is 24.2 Å². The fraction of sp³-hybridized carbons (Fsp3) is 0.286. The Morgan fingerprint density at radius 1 is 1.25 bits per heavy atom. The van der Waals surface area contributed by atoms with Crippen LogP contribution in [0.4, 0.5) is 0 Å². The normalized spacial score (nSPS) is 10.7. The number of halogens is 2. The predicted octanol–water partition coefficient (Wildman–Crippen LogP) is 4.02. The molecule has 1 aromatic carbocycles. The zero-order chi connectivity index (χ0) is 14.7. The van der Waals surface area contributed by atoms with Crippen molar-refractivity contribution in [3.8, 4) is 17.1 Å². The quantitative estimate of drug-likeness (QED) is 0.775. The first kappa shape index (κ1) is 15.2. The molecule has 0 saturated carbocycles. The van der Waals surface area contributed by atoms with Gasteiger partial charge in [0.2, 0.25) is 0 Å². The second-order valence-electron chi connectivity index (χ2n) is 4.24. The molecule has 0 N–H and O–H groups in total. The van der Waals surface area contributed by atoms with Crippen molar-refractivity contribution >= 4 is 27.5 Å². The highest BCUT2D eigenvalue weighted by Gasteiger charge is 2.15. The maximum absolute atomic E-state index is 6.14. The molecule has 0 atom stereocenters. The van der Waals surface area contributed by atoms with Gasteiger partial charge in [-0.3, -0.25) is 0 Å². The van der Waals surface area contributed by atoms with Crippen LogP contribution in [0.15, 0.2) is 22.7 Å². The van der Waals surface area contributed by atoms with Gasteiger partial charge in [0.1, 0.15) is 10.9 Å². The molecule has 0 aliphatic heterocycles. The van der Waals surface area contributed by atoms with E-state index in [-0.39, 0.29) is 0 Å². The molecule has 20 heavy (non-hydrogen) atoms. The molecule has 0 aliphatic carbocycles. The van der Waals surface area contributed by atoms with Crippen molar-refractivity contribution in [3.63, 3.8) is 0 Å². The summed E-state index contributed by atoms with van der Waals surface area (Å²) in [4.78, 5) is 8.78. The van der Waals surface area contributed by atoms with Crippen molar-refractivity contribution in [3.05, 3.63) is 39.1 Å². The van der Waals surface area contributed by atoms with E-state index in [2.05, 4.69) is 25.9 Å². The van der Waals surface area contributed by atoms with Crippen LogP contribution in [-0.2, 0) is 11.3 Å². The number of nitrogens with zero attached hydrogens (tertiary/aromatic N) is 2. The first-order valence-corrected chi connectivity index (χ1v) is 7.09. The number of benzene rings is 1. The Balaban J connectivity index is 2.58. The second kappa shape index (κ2) is 6.52. The smallest absolute Gasteiger partial charge is 0.165 e. The second-order valence-corrected chi connectivity index (χ2v) is 5.39. The lowest BCUT2D eigenvalue weighted by atomic mass is 10.1. The average molecular weight is 358 g/mol. The van der Waals surface area contributed by atoms with E-state index in [1.165, 1.54) is 0 Å². The Morgan fingerprint density at radius 3 is 2.65 bits per heavy atom. The number of aromatic nitrogens is 2.